The van der Waals surface area contributed by atoms with Gasteiger partial charge in [0.15, 0.2) is 5.82 Å². The number of halogens is 1. The Bertz CT molecular complexity index is 1420. The highest BCUT2D eigenvalue weighted by atomic mass is 35.5. The second kappa shape index (κ2) is 9.87. The van der Waals surface area contributed by atoms with Crippen molar-refractivity contribution in [2.24, 2.45) is 0 Å². The van der Waals surface area contributed by atoms with E-state index < -0.39 is 11.8 Å². The first-order chi connectivity index (χ1) is 16.4. The number of carbonyl (C=O) groups excluding carboxylic acids is 2. The van der Waals surface area contributed by atoms with Gasteiger partial charge in [-0.1, -0.05) is 11.6 Å². The summed E-state index contributed by atoms with van der Waals surface area (Å²) >= 11 is 7.93. The Kier molecular flexibility index (Phi) is 6.72. The standard InChI is InChI=1S/C24H19ClN6O2S/c1-14-8-16(12-26)10-18(23(32)27-2)21(14)29-24(33)20-11-17(9-15-5-7-34-13-15)30-31(20)22-19(25)4-3-6-28-22/h3-8,10-11,13H,9H2,1-2H3,(H,27,32)(H,29,33). The lowest BCUT2D eigenvalue weighted by atomic mass is 10.0. The molecule has 2 amide bonds. The molecule has 0 fully saturated rings. The Morgan fingerprint density at radius 3 is 2.74 bits per heavy atom. The molecule has 0 aliphatic heterocycles. The predicted octanol–water partition coefficient (Wildman–Crippen LogP) is 4.37. The molecule has 0 aliphatic rings. The van der Waals surface area contributed by atoms with Crippen molar-refractivity contribution in [1.82, 2.24) is 20.1 Å². The molecule has 3 heterocycles. The molecule has 0 aliphatic carbocycles. The summed E-state index contributed by atoms with van der Waals surface area (Å²) in [6.07, 6.45) is 2.10. The van der Waals surface area contributed by atoms with Crippen molar-refractivity contribution in [1.29, 1.82) is 5.26 Å². The Hall–Kier alpha value is -4.00. The molecule has 170 valence electrons. The van der Waals surface area contributed by atoms with E-state index in [2.05, 4.69) is 20.7 Å². The number of aryl methyl sites for hydroxylation is 1. The van der Waals surface area contributed by atoms with Crippen LogP contribution in [0.1, 0.15) is 43.2 Å². The predicted molar refractivity (Wildman–Crippen MR) is 131 cm³/mol. The van der Waals surface area contributed by atoms with Crippen LogP contribution in [0.2, 0.25) is 5.02 Å². The van der Waals surface area contributed by atoms with Crippen LogP contribution >= 0.6 is 22.9 Å². The van der Waals surface area contributed by atoms with Gasteiger partial charge in [0.25, 0.3) is 11.8 Å². The van der Waals surface area contributed by atoms with Gasteiger partial charge in [0.2, 0.25) is 0 Å². The van der Waals surface area contributed by atoms with E-state index in [1.807, 2.05) is 22.9 Å². The van der Waals surface area contributed by atoms with Gasteiger partial charge in [0.05, 0.1) is 33.6 Å². The molecule has 0 bridgehead atoms. The van der Waals surface area contributed by atoms with Crippen molar-refractivity contribution >= 4 is 40.4 Å². The molecule has 0 atom stereocenters. The van der Waals surface area contributed by atoms with Gasteiger partial charge in [-0.2, -0.15) is 21.7 Å². The minimum atomic E-state index is -0.497. The van der Waals surface area contributed by atoms with Gasteiger partial charge >= 0.3 is 0 Å². The fourth-order valence-corrected chi connectivity index (χ4v) is 4.35. The highest BCUT2D eigenvalue weighted by Crippen LogP contribution is 2.26. The van der Waals surface area contributed by atoms with E-state index in [-0.39, 0.29) is 11.3 Å². The SMILES string of the molecule is CNC(=O)c1cc(C#N)cc(C)c1NC(=O)c1cc(Cc2ccsc2)nn1-c1ncccc1Cl. The van der Waals surface area contributed by atoms with E-state index >= 15 is 0 Å². The van der Waals surface area contributed by atoms with Crippen molar-refractivity contribution in [2.45, 2.75) is 13.3 Å². The van der Waals surface area contributed by atoms with E-state index in [4.69, 9.17) is 11.6 Å². The molecule has 0 saturated heterocycles. The molecule has 4 rings (SSSR count). The summed E-state index contributed by atoms with van der Waals surface area (Å²) < 4.78 is 1.40. The monoisotopic (exact) mass is 490 g/mol. The van der Waals surface area contributed by atoms with Gasteiger partial charge < -0.3 is 10.6 Å². The van der Waals surface area contributed by atoms with Gasteiger partial charge in [-0.15, -0.1) is 0 Å². The van der Waals surface area contributed by atoms with Crippen LogP contribution in [0, 0.1) is 18.3 Å². The number of nitrogens with one attached hydrogen (secondary N) is 2. The molecule has 3 aromatic heterocycles. The third-order valence-corrected chi connectivity index (χ3v) is 6.10. The summed E-state index contributed by atoms with van der Waals surface area (Å²) in [5, 5.41) is 23.6. The van der Waals surface area contributed by atoms with E-state index in [0.29, 0.717) is 39.8 Å². The summed E-state index contributed by atoms with van der Waals surface area (Å²) in [7, 11) is 1.48. The number of amides is 2. The Morgan fingerprint density at radius 1 is 1.24 bits per heavy atom. The summed E-state index contributed by atoms with van der Waals surface area (Å²) in [4.78, 5) is 30.2. The number of benzene rings is 1. The molecular formula is C24H19ClN6O2S. The average Bonchev–Trinajstić information content (AvgIpc) is 3.50. The van der Waals surface area contributed by atoms with Crippen LogP contribution < -0.4 is 10.6 Å². The zero-order valence-electron chi connectivity index (χ0n) is 18.3. The molecular weight excluding hydrogens is 472 g/mol. The van der Waals surface area contributed by atoms with Crippen LogP contribution in [-0.2, 0) is 6.42 Å². The van der Waals surface area contributed by atoms with Crippen LogP contribution in [0.25, 0.3) is 5.82 Å². The molecule has 0 radical (unpaired) electrons. The van der Waals surface area contributed by atoms with Crippen LogP contribution in [-0.4, -0.2) is 33.6 Å². The summed E-state index contributed by atoms with van der Waals surface area (Å²) in [5.41, 5.74) is 3.32. The van der Waals surface area contributed by atoms with Crippen LogP contribution in [0.5, 0.6) is 0 Å². The van der Waals surface area contributed by atoms with Gasteiger partial charge in [-0.3, -0.25) is 9.59 Å². The first-order valence-corrected chi connectivity index (χ1v) is 11.5. The van der Waals surface area contributed by atoms with Crippen LogP contribution in [0.3, 0.4) is 0 Å². The molecule has 34 heavy (non-hydrogen) atoms. The van der Waals surface area contributed by atoms with Gasteiger partial charge in [-0.25, -0.2) is 9.67 Å². The topological polar surface area (TPSA) is 113 Å². The first-order valence-electron chi connectivity index (χ1n) is 10.2. The normalized spacial score (nSPS) is 10.5. The fourth-order valence-electron chi connectivity index (χ4n) is 3.48. The second-order valence-corrected chi connectivity index (χ2v) is 8.60. The number of hydrogen-bond donors (Lipinski definition) is 2. The highest BCUT2D eigenvalue weighted by Gasteiger charge is 2.23. The minimum Gasteiger partial charge on any atom is -0.355 e. The first kappa shape index (κ1) is 23.2. The number of thiophene rings is 1. The number of aromatic nitrogens is 3. The van der Waals surface area contributed by atoms with E-state index in [1.165, 1.54) is 17.8 Å². The van der Waals surface area contributed by atoms with Gasteiger partial charge in [0, 0.05) is 19.7 Å². The largest absolute Gasteiger partial charge is 0.355 e. The zero-order chi connectivity index (χ0) is 24.2. The minimum absolute atomic E-state index is 0.188. The number of nitriles is 1. The van der Waals surface area contributed by atoms with E-state index in [1.54, 1.807) is 48.7 Å². The third-order valence-electron chi connectivity index (χ3n) is 5.07. The lowest BCUT2D eigenvalue weighted by Crippen LogP contribution is -2.24. The maximum atomic E-state index is 13.5. The maximum absolute atomic E-state index is 13.5. The lowest BCUT2D eigenvalue weighted by Gasteiger charge is -2.14. The number of hydrogen-bond acceptors (Lipinski definition) is 6. The molecule has 0 unspecified atom stereocenters. The Morgan fingerprint density at radius 2 is 2.06 bits per heavy atom. The maximum Gasteiger partial charge on any atom is 0.274 e. The van der Waals surface area contributed by atoms with Crippen molar-refractivity contribution in [3.63, 3.8) is 0 Å². The molecule has 4 aromatic rings. The smallest absolute Gasteiger partial charge is 0.274 e. The van der Waals surface area contributed by atoms with E-state index in [9.17, 15) is 14.9 Å². The number of nitrogens with zero attached hydrogens (tertiary/aromatic N) is 4. The van der Waals surface area contributed by atoms with Gasteiger partial charge in [0.1, 0.15) is 5.69 Å². The van der Waals surface area contributed by atoms with Crippen molar-refractivity contribution in [3.8, 4) is 11.9 Å². The number of pyridine rings is 1. The highest BCUT2D eigenvalue weighted by molar-refractivity contribution is 7.07. The third kappa shape index (κ3) is 4.69. The molecule has 8 nitrogen and oxygen atoms in total. The molecule has 1 aromatic carbocycles. The number of anilines is 1. The fraction of sp³-hybridized carbons (Fsp3) is 0.125. The summed E-state index contributed by atoms with van der Waals surface area (Å²) in [6, 6.07) is 12.1. The Labute approximate surface area is 204 Å². The zero-order valence-corrected chi connectivity index (χ0v) is 19.9. The van der Waals surface area contributed by atoms with Crippen molar-refractivity contribution in [3.05, 3.63) is 92.0 Å². The number of rotatable bonds is 6. The quantitative estimate of drug-likeness (QED) is 0.417. The average molecular weight is 491 g/mol. The van der Waals surface area contributed by atoms with Gasteiger partial charge in [-0.05, 0) is 65.2 Å². The molecule has 2 N–H and O–H groups in total. The second-order valence-electron chi connectivity index (χ2n) is 7.41. The van der Waals surface area contributed by atoms with E-state index in [0.717, 1.165) is 5.56 Å². The molecule has 0 saturated carbocycles. The molecule has 10 heteroatoms. The van der Waals surface area contributed by atoms with Crippen LogP contribution in [0.4, 0.5) is 5.69 Å². The number of carbonyl (C=O) groups is 2. The van der Waals surface area contributed by atoms with Crippen molar-refractivity contribution < 1.29 is 9.59 Å². The van der Waals surface area contributed by atoms with Crippen molar-refractivity contribution in [2.75, 3.05) is 12.4 Å². The Balaban J connectivity index is 1.78. The molecule has 0 spiro atoms. The lowest BCUT2D eigenvalue weighted by molar-refractivity contribution is 0.0964. The summed E-state index contributed by atoms with van der Waals surface area (Å²) in [5.74, 6) is -0.604. The van der Waals surface area contributed by atoms with Crippen LogP contribution in [0.15, 0.2) is 53.4 Å². The summed E-state index contributed by atoms with van der Waals surface area (Å²) in [6.45, 7) is 1.72.